The highest BCUT2D eigenvalue weighted by Crippen LogP contribution is 2.25. The summed E-state index contributed by atoms with van der Waals surface area (Å²) >= 11 is 0. The second-order valence-electron chi connectivity index (χ2n) is 6.88. The molecule has 1 aromatic carbocycles. The highest BCUT2D eigenvalue weighted by molar-refractivity contribution is 5.71. The second-order valence-corrected chi connectivity index (χ2v) is 6.88. The van der Waals surface area contributed by atoms with E-state index in [4.69, 9.17) is 4.98 Å². The fraction of sp³-hybridized carbons (Fsp3) is 0.227. The Morgan fingerprint density at radius 1 is 1.04 bits per heavy atom. The topological polar surface area (TPSA) is 51.0 Å². The molecule has 0 saturated heterocycles. The molecule has 0 atom stereocenters. The van der Waals surface area contributed by atoms with E-state index in [1.807, 2.05) is 12.1 Å². The summed E-state index contributed by atoms with van der Waals surface area (Å²) in [4.78, 5) is 23.6. The molecule has 5 nitrogen and oxygen atoms in total. The van der Waals surface area contributed by atoms with E-state index < -0.39 is 0 Å². The molecule has 0 spiro atoms. The van der Waals surface area contributed by atoms with Crippen molar-refractivity contribution in [3.05, 3.63) is 82.4 Å². The van der Waals surface area contributed by atoms with E-state index in [1.165, 1.54) is 16.7 Å². The molecule has 0 unspecified atom stereocenters. The average molecular weight is 358 g/mol. The van der Waals surface area contributed by atoms with Crippen molar-refractivity contribution in [2.24, 2.45) is 7.05 Å². The molecule has 5 heteroatoms. The normalized spacial score (nSPS) is 14.1. The molecule has 0 radical (unpaired) electrons. The zero-order chi connectivity index (χ0) is 18.8. The van der Waals surface area contributed by atoms with E-state index in [-0.39, 0.29) is 5.56 Å². The lowest BCUT2D eigenvalue weighted by atomic mass is 10.00. The van der Waals surface area contributed by atoms with E-state index >= 15 is 0 Å². The van der Waals surface area contributed by atoms with E-state index in [9.17, 15) is 4.79 Å². The molecular weight excluding hydrogens is 336 g/mol. The van der Waals surface area contributed by atoms with Crippen LogP contribution in [0.5, 0.6) is 0 Å². The lowest BCUT2D eigenvalue weighted by Gasteiger charge is -2.30. The van der Waals surface area contributed by atoms with Gasteiger partial charge in [0.2, 0.25) is 5.95 Å². The van der Waals surface area contributed by atoms with Crippen LogP contribution in [0.3, 0.4) is 0 Å². The van der Waals surface area contributed by atoms with Crippen LogP contribution in [0.2, 0.25) is 0 Å². The minimum absolute atomic E-state index is 0.0570. The van der Waals surface area contributed by atoms with Crippen LogP contribution in [-0.4, -0.2) is 27.6 Å². The Morgan fingerprint density at radius 3 is 2.63 bits per heavy atom. The molecule has 27 heavy (non-hydrogen) atoms. The molecule has 0 aliphatic carbocycles. The number of hydrogen-bond donors (Lipinski definition) is 0. The maximum absolute atomic E-state index is 12.5. The summed E-state index contributed by atoms with van der Waals surface area (Å²) in [6.07, 6.45) is 6.65. The number of pyridine rings is 1. The quantitative estimate of drug-likeness (QED) is 0.720. The van der Waals surface area contributed by atoms with Crippen LogP contribution in [0, 0.1) is 6.92 Å². The second kappa shape index (κ2) is 7.19. The smallest absolute Gasteiger partial charge is 0.255 e. The first-order chi connectivity index (χ1) is 13.1. The van der Waals surface area contributed by atoms with Crippen molar-refractivity contribution in [3.63, 3.8) is 0 Å². The van der Waals surface area contributed by atoms with Gasteiger partial charge in [0, 0.05) is 44.2 Å². The summed E-state index contributed by atoms with van der Waals surface area (Å²) in [6.45, 7) is 3.69. The van der Waals surface area contributed by atoms with Gasteiger partial charge in [-0.2, -0.15) is 0 Å². The first kappa shape index (κ1) is 17.2. The van der Waals surface area contributed by atoms with Crippen LogP contribution >= 0.6 is 0 Å². The highest BCUT2D eigenvalue weighted by atomic mass is 16.1. The molecular formula is C22H22N4O. The fourth-order valence-corrected chi connectivity index (χ4v) is 3.45. The summed E-state index contributed by atoms with van der Waals surface area (Å²) in [6, 6.07) is 13.9. The summed E-state index contributed by atoms with van der Waals surface area (Å²) in [5, 5.41) is 0. The van der Waals surface area contributed by atoms with Crippen molar-refractivity contribution in [2.75, 3.05) is 18.0 Å². The molecule has 136 valence electrons. The Balaban J connectivity index is 1.70. The Kier molecular flexibility index (Phi) is 4.59. The van der Waals surface area contributed by atoms with Crippen LogP contribution in [0.1, 0.15) is 17.5 Å². The number of nitrogens with zero attached hydrogens (tertiary/aromatic N) is 4. The summed E-state index contributed by atoms with van der Waals surface area (Å²) in [5.74, 6) is 0.701. The van der Waals surface area contributed by atoms with Gasteiger partial charge in [-0.3, -0.25) is 14.3 Å². The lowest BCUT2D eigenvalue weighted by Crippen LogP contribution is -2.35. The van der Waals surface area contributed by atoms with Crippen LogP contribution < -0.4 is 10.5 Å². The van der Waals surface area contributed by atoms with Gasteiger partial charge in [-0.1, -0.05) is 35.9 Å². The first-order valence-corrected chi connectivity index (χ1v) is 9.11. The van der Waals surface area contributed by atoms with Gasteiger partial charge < -0.3 is 4.90 Å². The number of rotatable bonds is 3. The Hall–Kier alpha value is -3.21. The number of hydrogen-bond acceptors (Lipinski definition) is 4. The van der Waals surface area contributed by atoms with Crippen molar-refractivity contribution < 1.29 is 0 Å². The fourth-order valence-electron chi connectivity index (χ4n) is 3.45. The predicted octanol–water partition coefficient (Wildman–Crippen LogP) is 3.44. The molecule has 3 aromatic rings. The monoisotopic (exact) mass is 358 g/mol. The molecule has 1 aliphatic heterocycles. The molecule has 2 aromatic heterocycles. The summed E-state index contributed by atoms with van der Waals surface area (Å²) < 4.78 is 1.63. The number of benzene rings is 1. The van der Waals surface area contributed by atoms with E-state index in [0.29, 0.717) is 11.6 Å². The highest BCUT2D eigenvalue weighted by Gasteiger charge is 2.19. The minimum atomic E-state index is -0.0570. The van der Waals surface area contributed by atoms with Crippen molar-refractivity contribution in [3.8, 4) is 11.3 Å². The first-order valence-electron chi connectivity index (χ1n) is 9.11. The van der Waals surface area contributed by atoms with Crippen molar-refractivity contribution in [2.45, 2.75) is 13.3 Å². The average Bonchev–Trinajstić information content (AvgIpc) is 2.71. The lowest BCUT2D eigenvalue weighted by molar-refractivity contribution is 0.727. The van der Waals surface area contributed by atoms with Gasteiger partial charge in [-0.05, 0) is 36.6 Å². The van der Waals surface area contributed by atoms with Crippen LogP contribution in [0.15, 0.2) is 65.7 Å². The van der Waals surface area contributed by atoms with Gasteiger partial charge in [-0.25, -0.2) is 4.98 Å². The maximum Gasteiger partial charge on any atom is 0.255 e. The molecule has 0 amide bonds. The molecule has 0 bridgehead atoms. The predicted molar refractivity (Wildman–Crippen MR) is 109 cm³/mol. The van der Waals surface area contributed by atoms with Crippen molar-refractivity contribution in [1.29, 1.82) is 0 Å². The van der Waals surface area contributed by atoms with Gasteiger partial charge in [0.15, 0.2) is 0 Å². The molecule has 1 aliphatic rings. The van der Waals surface area contributed by atoms with Crippen molar-refractivity contribution >= 4 is 11.5 Å². The van der Waals surface area contributed by atoms with Crippen molar-refractivity contribution in [1.82, 2.24) is 14.5 Å². The minimum Gasteiger partial charge on any atom is -0.338 e. The molecule has 0 fully saturated rings. The van der Waals surface area contributed by atoms with Gasteiger partial charge in [0.25, 0.3) is 5.56 Å². The summed E-state index contributed by atoms with van der Waals surface area (Å²) in [5.41, 5.74) is 5.27. The Bertz CT molecular complexity index is 1050. The SMILES string of the molecule is Cc1cccc(C2=CCCN(c3nc(-c4ccncc4)cc(=O)n3C)C2)c1. The van der Waals surface area contributed by atoms with Crippen LogP contribution in [0.25, 0.3) is 16.8 Å². The van der Waals surface area contributed by atoms with E-state index in [2.05, 4.69) is 47.1 Å². The number of anilines is 1. The van der Waals surface area contributed by atoms with Gasteiger partial charge in [0.1, 0.15) is 0 Å². The molecule has 4 rings (SSSR count). The third-order valence-corrected chi connectivity index (χ3v) is 4.91. The third-order valence-electron chi connectivity index (χ3n) is 4.91. The van der Waals surface area contributed by atoms with Gasteiger partial charge in [-0.15, -0.1) is 0 Å². The number of aromatic nitrogens is 3. The van der Waals surface area contributed by atoms with Gasteiger partial charge in [0.05, 0.1) is 5.69 Å². The van der Waals surface area contributed by atoms with Crippen LogP contribution in [0.4, 0.5) is 5.95 Å². The molecule has 0 saturated carbocycles. The molecule has 0 N–H and O–H groups in total. The Labute approximate surface area is 158 Å². The Morgan fingerprint density at radius 2 is 1.85 bits per heavy atom. The van der Waals surface area contributed by atoms with Crippen LogP contribution in [-0.2, 0) is 7.05 Å². The zero-order valence-corrected chi connectivity index (χ0v) is 15.6. The molecule has 3 heterocycles. The standard InChI is InChI=1S/C22H22N4O/c1-16-5-3-6-18(13-16)19-7-4-12-26(15-19)22-24-20(14-21(27)25(22)2)17-8-10-23-11-9-17/h3,5-11,13-14H,4,12,15H2,1-2H3. The zero-order valence-electron chi connectivity index (χ0n) is 15.6. The maximum atomic E-state index is 12.5. The van der Waals surface area contributed by atoms with Gasteiger partial charge >= 0.3 is 0 Å². The summed E-state index contributed by atoms with van der Waals surface area (Å²) in [7, 11) is 1.78. The largest absolute Gasteiger partial charge is 0.338 e. The van der Waals surface area contributed by atoms with E-state index in [0.717, 1.165) is 25.1 Å². The van der Waals surface area contributed by atoms with E-state index in [1.54, 1.807) is 30.1 Å². The number of aryl methyl sites for hydroxylation is 1. The third kappa shape index (κ3) is 3.53.